The Morgan fingerprint density at radius 3 is 2.53 bits per heavy atom. The van der Waals surface area contributed by atoms with Crippen LogP contribution in [0.15, 0.2) is 4.52 Å². The molecule has 1 unspecified atom stereocenters. The van der Waals surface area contributed by atoms with Gasteiger partial charge >= 0.3 is 0 Å². The molecule has 6 heteroatoms. The maximum absolute atomic E-state index is 13.1. The molecule has 1 heterocycles. The molecule has 2 N–H and O–H groups in total. The highest BCUT2D eigenvalue weighted by atomic mass is 19.3. The summed E-state index contributed by atoms with van der Waals surface area (Å²) in [6, 6.07) is 0. The monoisotopic (exact) mass is 245 g/mol. The number of aromatic nitrogens is 2. The minimum atomic E-state index is -2.87. The summed E-state index contributed by atoms with van der Waals surface area (Å²) in [6.45, 7) is 2.21. The summed E-state index contributed by atoms with van der Waals surface area (Å²) in [4.78, 5) is 4.05. The van der Waals surface area contributed by atoms with Crippen LogP contribution in [0, 0.1) is 0 Å². The Balaban J connectivity index is 2.21. The number of rotatable bonds is 3. The van der Waals surface area contributed by atoms with Crippen LogP contribution >= 0.6 is 0 Å². The van der Waals surface area contributed by atoms with Crippen molar-refractivity contribution in [3.63, 3.8) is 0 Å². The highest BCUT2D eigenvalue weighted by Crippen LogP contribution is 2.37. The van der Waals surface area contributed by atoms with Gasteiger partial charge in [-0.1, -0.05) is 18.0 Å². The number of nitrogens with two attached hydrogens (primary N) is 1. The molecule has 1 atom stereocenters. The zero-order chi connectivity index (χ0) is 12.7. The first-order valence-corrected chi connectivity index (χ1v) is 5.84. The van der Waals surface area contributed by atoms with E-state index >= 15 is 0 Å². The van der Waals surface area contributed by atoms with Gasteiger partial charge in [-0.05, 0) is 19.8 Å². The van der Waals surface area contributed by atoms with E-state index in [-0.39, 0.29) is 5.89 Å². The molecular formula is C11H17F2N3O. The summed E-state index contributed by atoms with van der Waals surface area (Å²) >= 11 is 0. The van der Waals surface area contributed by atoms with Crippen LogP contribution in [-0.2, 0) is 5.54 Å². The topological polar surface area (TPSA) is 64.9 Å². The summed E-state index contributed by atoms with van der Waals surface area (Å²) in [7, 11) is 0. The zero-order valence-corrected chi connectivity index (χ0v) is 10.0. The average molecular weight is 245 g/mol. The van der Waals surface area contributed by atoms with Crippen molar-refractivity contribution in [2.75, 3.05) is 0 Å². The van der Waals surface area contributed by atoms with Gasteiger partial charge in [0.05, 0.1) is 11.5 Å². The number of nitrogens with zero attached hydrogens (tertiary/aromatic N) is 2. The second-order valence-corrected chi connectivity index (χ2v) is 5.00. The third-order valence-electron chi connectivity index (χ3n) is 3.51. The van der Waals surface area contributed by atoms with E-state index in [9.17, 15) is 8.78 Å². The lowest BCUT2D eigenvalue weighted by molar-refractivity contribution is -0.0115. The third-order valence-corrected chi connectivity index (χ3v) is 3.51. The molecule has 0 radical (unpaired) electrons. The van der Waals surface area contributed by atoms with E-state index < -0.39 is 17.4 Å². The largest absolute Gasteiger partial charge is 0.339 e. The lowest BCUT2D eigenvalue weighted by Crippen LogP contribution is -2.34. The molecule has 1 aromatic rings. The van der Waals surface area contributed by atoms with Crippen LogP contribution in [0.3, 0.4) is 0 Å². The first kappa shape index (κ1) is 12.4. The van der Waals surface area contributed by atoms with Gasteiger partial charge in [0, 0.05) is 6.92 Å². The Kier molecular flexibility index (Phi) is 2.93. The summed E-state index contributed by atoms with van der Waals surface area (Å²) in [6.07, 6.45) is 3.59. The van der Waals surface area contributed by atoms with Crippen LogP contribution in [0.2, 0.25) is 0 Å². The Bertz CT molecular complexity index is 394. The summed E-state index contributed by atoms with van der Waals surface area (Å²) in [5.74, 6) is -3.64. The molecular weight excluding hydrogens is 228 g/mol. The van der Waals surface area contributed by atoms with Crippen LogP contribution < -0.4 is 5.73 Å². The molecule has 2 rings (SSSR count). The van der Waals surface area contributed by atoms with Crippen molar-refractivity contribution in [1.82, 2.24) is 10.1 Å². The lowest BCUT2D eigenvalue weighted by Gasteiger charge is -2.18. The van der Waals surface area contributed by atoms with E-state index in [0.717, 1.165) is 32.6 Å². The van der Waals surface area contributed by atoms with E-state index in [1.807, 2.05) is 0 Å². The molecule has 1 aromatic heterocycles. The quantitative estimate of drug-likeness (QED) is 0.888. The lowest BCUT2D eigenvalue weighted by atomic mass is 9.98. The van der Waals surface area contributed by atoms with E-state index in [2.05, 4.69) is 10.1 Å². The highest BCUT2D eigenvalue weighted by molar-refractivity contribution is 5.08. The van der Waals surface area contributed by atoms with Gasteiger partial charge in [-0.2, -0.15) is 4.98 Å². The maximum Gasteiger partial charge on any atom is 0.256 e. The van der Waals surface area contributed by atoms with Crippen LogP contribution in [0.25, 0.3) is 0 Å². The predicted molar refractivity (Wildman–Crippen MR) is 57.7 cm³/mol. The fraction of sp³-hybridized carbons (Fsp3) is 0.818. The second-order valence-electron chi connectivity index (χ2n) is 5.00. The van der Waals surface area contributed by atoms with Gasteiger partial charge in [-0.15, -0.1) is 0 Å². The van der Waals surface area contributed by atoms with Gasteiger partial charge in [0.15, 0.2) is 5.82 Å². The van der Waals surface area contributed by atoms with Crippen LogP contribution in [0.4, 0.5) is 8.78 Å². The molecule has 0 amide bonds. The standard InChI is InChI=1S/C11H17F2N3O/c1-7(10(2,12)13)8-15-9(16-17-8)11(14)5-3-4-6-11/h7H,3-6,14H2,1-2H3. The summed E-state index contributed by atoms with van der Waals surface area (Å²) in [5, 5.41) is 3.76. The average Bonchev–Trinajstić information content (AvgIpc) is 2.84. The Hall–Kier alpha value is -1.04. The molecule has 0 saturated heterocycles. The predicted octanol–water partition coefficient (Wildman–Crippen LogP) is 2.56. The van der Waals surface area contributed by atoms with Crippen molar-refractivity contribution in [3.8, 4) is 0 Å². The van der Waals surface area contributed by atoms with Crippen molar-refractivity contribution in [2.24, 2.45) is 5.73 Å². The summed E-state index contributed by atoms with van der Waals surface area (Å²) in [5.41, 5.74) is 5.54. The van der Waals surface area contributed by atoms with Gasteiger partial charge in [0.2, 0.25) is 5.89 Å². The van der Waals surface area contributed by atoms with Gasteiger partial charge < -0.3 is 10.3 Å². The number of hydrogen-bond donors (Lipinski definition) is 1. The molecule has 1 aliphatic carbocycles. The molecule has 1 saturated carbocycles. The van der Waals surface area contributed by atoms with Gasteiger partial charge in [0.25, 0.3) is 5.92 Å². The van der Waals surface area contributed by atoms with Crippen LogP contribution in [0.5, 0.6) is 0 Å². The third kappa shape index (κ3) is 2.31. The van der Waals surface area contributed by atoms with Crippen LogP contribution in [-0.4, -0.2) is 16.1 Å². The van der Waals surface area contributed by atoms with Gasteiger partial charge in [-0.3, -0.25) is 0 Å². The van der Waals surface area contributed by atoms with Gasteiger partial charge in [0.1, 0.15) is 0 Å². The van der Waals surface area contributed by atoms with Crippen molar-refractivity contribution in [3.05, 3.63) is 11.7 Å². The van der Waals surface area contributed by atoms with E-state index in [0.29, 0.717) is 5.82 Å². The van der Waals surface area contributed by atoms with Crippen molar-refractivity contribution in [1.29, 1.82) is 0 Å². The van der Waals surface area contributed by atoms with Crippen molar-refractivity contribution in [2.45, 2.75) is 56.9 Å². The van der Waals surface area contributed by atoms with Crippen LogP contribution in [0.1, 0.15) is 57.2 Å². The highest BCUT2D eigenvalue weighted by Gasteiger charge is 2.39. The minimum absolute atomic E-state index is 0.0378. The Labute approximate surface area is 98.6 Å². The Morgan fingerprint density at radius 2 is 2.00 bits per heavy atom. The normalized spacial score (nSPS) is 21.7. The van der Waals surface area contributed by atoms with E-state index in [4.69, 9.17) is 10.3 Å². The maximum atomic E-state index is 13.1. The molecule has 1 fully saturated rings. The fourth-order valence-corrected chi connectivity index (χ4v) is 2.06. The number of alkyl halides is 2. The molecule has 0 aromatic carbocycles. The Morgan fingerprint density at radius 1 is 1.41 bits per heavy atom. The van der Waals surface area contributed by atoms with Crippen molar-refractivity contribution >= 4 is 0 Å². The molecule has 0 aliphatic heterocycles. The zero-order valence-electron chi connectivity index (χ0n) is 10.0. The SMILES string of the molecule is CC(c1nc(C2(N)CCCC2)no1)C(C)(F)F. The minimum Gasteiger partial charge on any atom is -0.339 e. The van der Waals surface area contributed by atoms with E-state index in [1.165, 1.54) is 6.92 Å². The van der Waals surface area contributed by atoms with E-state index in [1.54, 1.807) is 0 Å². The van der Waals surface area contributed by atoms with Crippen molar-refractivity contribution < 1.29 is 13.3 Å². The molecule has 1 aliphatic rings. The molecule has 0 spiro atoms. The smallest absolute Gasteiger partial charge is 0.256 e. The number of halogens is 2. The summed E-state index contributed by atoms with van der Waals surface area (Å²) < 4.78 is 31.2. The van der Waals surface area contributed by atoms with Gasteiger partial charge in [-0.25, -0.2) is 8.78 Å². The molecule has 17 heavy (non-hydrogen) atoms. The number of hydrogen-bond acceptors (Lipinski definition) is 4. The molecule has 4 nitrogen and oxygen atoms in total. The molecule has 96 valence electrons. The fourth-order valence-electron chi connectivity index (χ4n) is 2.06. The molecule has 0 bridgehead atoms. The first-order chi connectivity index (χ1) is 7.83. The second kappa shape index (κ2) is 4.01. The first-order valence-electron chi connectivity index (χ1n) is 5.84.